The lowest BCUT2D eigenvalue weighted by Gasteiger charge is -1.98. The molecule has 0 N–H and O–H groups in total. The van der Waals surface area contributed by atoms with E-state index in [0.717, 1.165) is 5.56 Å². The second kappa shape index (κ2) is 3.61. The minimum absolute atomic E-state index is 0.0450. The Labute approximate surface area is 85.4 Å². The van der Waals surface area contributed by atoms with Crippen LogP contribution in [0.3, 0.4) is 0 Å². The quantitative estimate of drug-likeness (QED) is 0.550. The van der Waals surface area contributed by atoms with Gasteiger partial charge >= 0.3 is 0 Å². The average Bonchev–Trinajstić information content (AvgIpc) is 2.66. The SMILES string of the molecule is Cn1cc(-c2cnc(F)c(C=O)c2)cn1. The van der Waals surface area contributed by atoms with Crippen LogP contribution in [-0.4, -0.2) is 21.1 Å². The number of rotatable bonds is 2. The third-order valence-electron chi connectivity index (χ3n) is 2.03. The van der Waals surface area contributed by atoms with Crippen molar-refractivity contribution in [2.45, 2.75) is 0 Å². The van der Waals surface area contributed by atoms with Crippen LogP contribution in [0.4, 0.5) is 4.39 Å². The second-order valence-corrected chi connectivity index (χ2v) is 3.12. The van der Waals surface area contributed by atoms with E-state index in [1.54, 1.807) is 24.1 Å². The molecular formula is C10H8FN3O. The molecule has 76 valence electrons. The van der Waals surface area contributed by atoms with Crippen LogP contribution in [0.25, 0.3) is 11.1 Å². The van der Waals surface area contributed by atoms with Crippen molar-refractivity contribution >= 4 is 6.29 Å². The highest BCUT2D eigenvalue weighted by Crippen LogP contribution is 2.18. The number of halogens is 1. The van der Waals surface area contributed by atoms with Crippen molar-refractivity contribution in [3.8, 4) is 11.1 Å². The predicted octanol–water partition coefficient (Wildman–Crippen LogP) is 1.43. The van der Waals surface area contributed by atoms with Crippen LogP contribution in [0.1, 0.15) is 10.4 Å². The highest BCUT2D eigenvalue weighted by Gasteiger charge is 2.06. The maximum atomic E-state index is 12.9. The summed E-state index contributed by atoms with van der Waals surface area (Å²) in [6.07, 6.45) is 5.22. The fourth-order valence-electron chi connectivity index (χ4n) is 1.28. The Hall–Kier alpha value is -2.04. The van der Waals surface area contributed by atoms with E-state index in [1.165, 1.54) is 12.3 Å². The van der Waals surface area contributed by atoms with Crippen LogP contribution in [0.2, 0.25) is 0 Å². The Bertz CT molecular complexity index is 507. The molecule has 15 heavy (non-hydrogen) atoms. The molecule has 0 aliphatic rings. The van der Waals surface area contributed by atoms with E-state index in [1.807, 2.05) is 0 Å². The molecule has 0 saturated heterocycles. The minimum Gasteiger partial charge on any atom is -0.298 e. The first-order chi connectivity index (χ1) is 7.20. The Balaban J connectivity index is 2.50. The Morgan fingerprint density at radius 2 is 2.20 bits per heavy atom. The minimum atomic E-state index is -0.752. The number of aromatic nitrogens is 3. The van der Waals surface area contributed by atoms with Crippen LogP contribution in [-0.2, 0) is 7.05 Å². The lowest BCUT2D eigenvalue weighted by atomic mass is 10.1. The van der Waals surface area contributed by atoms with Crippen LogP contribution < -0.4 is 0 Å². The van der Waals surface area contributed by atoms with E-state index in [0.29, 0.717) is 11.8 Å². The summed E-state index contributed by atoms with van der Waals surface area (Å²) in [6.45, 7) is 0. The van der Waals surface area contributed by atoms with Crippen molar-refractivity contribution in [3.63, 3.8) is 0 Å². The van der Waals surface area contributed by atoms with Crippen LogP contribution >= 0.6 is 0 Å². The van der Waals surface area contributed by atoms with Crippen molar-refractivity contribution in [1.82, 2.24) is 14.8 Å². The summed E-state index contributed by atoms with van der Waals surface area (Å²) in [5.74, 6) is -0.752. The molecule has 0 spiro atoms. The zero-order chi connectivity index (χ0) is 10.8. The molecular weight excluding hydrogens is 197 g/mol. The maximum absolute atomic E-state index is 12.9. The van der Waals surface area contributed by atoms with Gasteiger partial charge in [0.25, 0.3) is 0 Å². The lowest BCUT2D eigenvalue weighted by molar-refractivity contribution is 0.111. The fourth-order valence-corrected chi connectivity index (χ4v) is 1.28. The van der Waals surface area contributed by atoms with Gasteiger partial charge in [-0.15, -0.1) is 0 Å². The molecule has 0 atom stereocenters. The predicted molar refractivity (Wildman–Crippen MR) is 51.8 cm³/mol. The average molecular weight is 205 g/mol. The number of aldehydes is 1. The van der Waals surface area contributed by atoms with Crippen molar-refractivity contribution in [3.05, 3.63) is 36.2 Å². The zero-order valence-corrected chi connectivity index (χ0v) is 8.01. The van der Waals surface area contributed by atoms with E-state index in [9.17, 15) is 9.18 Å². The number of pyridine rings is 1. The van der Waals surface area contributed by atoms with Crippen molar-refractivity contribution in [1.29, 1.82) is 0 Å². The smallest absolute Gasteiger partial charge is 0.223 e. The van der Waals surface area contributed by atoms with Crippen molar-refractivity contribution < 1.29 is 9.18 Å². The first-order valence-corrected chi connectivity index (χ1v) is 4.30. The number of nitrogens with zero attached hydrogens (tertiary/aromatic N) is 3. The van der Waals surface area contributed by atoms with Gasteiger partial charge in [0.15, 0.2) is 6.29 Å². The summed E-state index contributed by atoms with van der Waals surface area (Å²) < 4.78 is 14.6. The summed E-state index contributed by atoms with van der Waals surface area (Å²) in [4.78, 5) is 14.0. The maximum Gasteiger partial charge on any atom is 0.223 e. The highest BCUT2D eigenvalue weighted by atomic mass is 19.1. The summed E-state index contributed by atoms with van der Waals surface area (Å²) in [6, 6.07) is 1.45. The van der Waals surface area contributed by atoms with Crippen molar-refractivity contribution in [2.75, 3.05) is 0 Å². The van der Waals surface area contributed by atoms with Crippen LogP contribution in [0.15, 0.2) is 24.7 Å². The van der Waals surface area contributed by atoms with E-state index >= 15 is 0 Å². The zero-order valence-electron chi connectivity index (χ0n) is 8.01. The Kier molecular flexibility index (Phi) is 2.29. The monoisotopic (exact) mass is 205 g/mol. The van der Waals surface area contributed by atoms with Gasteiger partial charge in [-0.05, 0) is 6.07 Å². The number of hydrogen-bond acceptors (Lipinski definition) is 3. The molecule has 2 rings (SSSR count). The van der Waals surface area contributed by atoms with Gasteiger partial charge in [-0.1, -0.05) is 0 Å². The van der Waals surface area contributed by atoms with Gasteiger partial charge in [-0.25, -0.2) is 4.98 Å². The number of carbonyl (C=O) groups is 1. The van der Waals surface area contributed by atoms with Crippen LogP contribution in [0.5, 0.6) is 0 Å². The van der Waals surface area contributed by atoms with Gasteiger partial charge in [0.1, 0.15) is 0 Å². The summed E-state index contributed by atoms with van der Waals surface area (Å²) in [5.41, 5.74) is 1.43. The Morgan fingerprint density at radius 3 is 2.80 bits per heavy atom. The van der Waals surface area contributed by atoms with Crippen molar-refractivity contribution in [2.24, 2.45) is 7.05 Å². The largest absolute Gasteiger partial charge is 0.298 e. The van der Waals surface area contributed by atoms with E-state index in [4.69, 9.17) is 0 Å². The number of hydrogen-bond donors (Lipinski definition) is 0. The topological polar surface area (TPSA) is 47.8 Å². The Morgan fingerprint density at radius 1 is 1.40 bits per heavy atom. The molecule has 0 aliphatic carbocycles. The summed E-state index contributed by atoms with van der Waals surface area (Å²) in [5, 5.41) is 3.98. The molecule has 5 heteroatoms. The van der Waals surface area contributed by atoms with Gasteiger partial charge in [0, 0.05) is 30.6 Å². The van der Waals surface area contributed by atoms with Gasteiger partial charge in [-0.3, -0.25) is 9.48 Å². The molecule has 0 aliphatic heterocycles. The molecule has 2 aromatic rings. The molecule has 0 fully saturated rings. The van der Waals surface area contributed by atoms with E-state index in [-0.39, 0.29) is 5.56 Å². The van der Waals surface area contributed by atoms with Gasteiger partial charge in [-0.2, -0.15) is 9.49 Å². The second-order valence-electron chi connectivity index (χ2n) is 3.12. The number of carbonyl (C=O) groups excluding carboxylic acids is 1. The van der Waals surface area contributed by atoms with E-state index < -0.39 is 5.95 Å². The fraction of sp³-hybridized carbons (Fsp3) is 0.100. The molecule has 2 heterocycles. The van der Waals surface area contributed by atoms with Gasteiger partial charge < -0.3 is 0 Å². The van der Waals surface area contributed by atoms with Gasteiger partial charge in [0.05, 0.1) is 11.8 Å². The molecule has 0 bridgehead atoms. The number of aryl methyl sites for hydroxylation is 1. The summed E-state index contributed by atoms with van der Waals surface area (Å²) >= 11 is 0. The first-order valence-electron chi connectivity index (χ1n) is 4.30. The molecule has 0 saturated carbocycles. The third-order valence-corrected chi connectivity index (χ3v) is 2.03. The van der Waals surface area contributed by atoms with Gasteiger partial charge in [0.2, 0.25) is 5.95 Å². The normalized spacial score (nSPS) is 10.3. The lowest BCUT2D eigenvalue weighted by Crippen LogP contribution is -1.92. The summed E-state index contributed by atoms with van der Waals surface area (Å²) in [7, 11) is 1.78. The third kappa shape index (κ3) is 1.76. The molecule has 0 amide bonds. The van der Waals surface area contributed by atoms with E-state index in [2.05, 4.69) is 10.1 Å². The highest BCUT2D eigenvalue weighted by molar-refractivity contribution is 5.78. The molecule has 2 aromatic heterocycles. The molecule has 0 unspecified atom stereocenters. The van der Waals surface area contributed by atoms with Crippen LogP contribution in [0, 0.1) is 5.95 Å². The standard InChI is InChI=1S/C10H8FN3O/c1-14-5-9(4-13-14)7-2-8(6-15)10(11)12-3-7/h2-6H,1H3. The molecule has 0 radical (unpaired) electrons. The first kappa shape index (κ1) is 9.51. The molecule has 0 aromatic carbocycles. The molecule has 4 nitrogen and oxygen atoms in total.